The van der Waals surface area contributed by atoms with Crippen LogP contribution in [-0.2, 0) is 9.59 Å². The lowest BCUT2D eigenvalue weighted by molar-refractivity contribution is -0.124. The summed E-state index contributed by atoms with van der Waals surface area (Å²) in [7, 11) is 1.73. The summed E-state index contributed by atoms with van der Waals surface area (Å²) in [6, 6.07) is 5.27. The van der Waals surface area contributed by atoms with Crippen molar-refractivity contribution >= 4 is 40.7 Å². The summed E-state index contributed by atoms with van der Waals surface area (Å²) in [6.45, 7) is 2.43. The van der Waals surface area contributed by atoms with Gasteiger partial charge in [0.25, 0.3) is 0 Å². The predicted molar refractivity (Wildman–Crippen MR) is 102 cm³/mol. The van der Waals surface area contributed by atoms with Crippen LogP contribution in [0.5, 0.6) is 0 Å². The molecule has 0 unspecified atom stereocenters. The Balaban J connectivity index is 1.80. The highest BCUT2D eigenvalue weighted by molar-refractivity contribution is 6.39. The van der Waals surface area contributed by atoms with Crippen molar-refractivity contribution in [1.29, 1.82) is 0 Å². The quantitative estimate of drug-likeness (QED) is 0.786. The van der Waals surface area contributed by atoms with E-state index in [1.807, 2.05) is 0 Å². The van der Waals surface area contributed by atoms with Crippen LogP contribution >= 0.6 is 23.2 Å². The van der Waals surface area contributed by atoms with Crippen LogP contribution in [-0.4, -0.2) is 42.9 Å². The van der Waals surface area contributed by atoms with Crippen molar-refractivity contribution in [3.05, 3.63) is 28.2 Å². The predicted octanol–water partition coefficient (Wildman–Crippen LogP) is 3.56. The number of halogens is 2. The summed E-state index contributed by atoms with van der Waals surface area (Å²) in [5.74, 6) is 0.190. The SMILES string of the molecule is C[C@@H]1CCCC[C@H]1NC(=O)CN(C)CC(=O)Nc1c(Cl)cccc1Cl. The average Bonchev–Trinajstić information content (AvgIpc) is 2.53. The highest BCUT2D eigenvalue weighted by Gasteiger charge is 2.23. The van der Waals surface area contributed by atoms with Gasteiger partial charge in [0.05, 0.1) is 28.8 Å². The molecule has 2 atom stereocenters. The van der Waals surface area contributed by atoms with E-state index in [0.717, 1.165) is 19.3 Å². The van der Waals surface area contributed by atoms with Crippen molar-refractivity contribution < 1.29 is 9.59 Å². The molecule has 2 rings (SSSR count). The molecule has 0 aliphatic heterocycles. The molecule has 1 aromatic carbocycles. The van der Waals surface area contributed by atoms with Gasteiger partial charge in [0.1, 0.15) is 0 Å². The molecule has 1 aliphatic carbocycles. The lowest BCUT2D eigenvalue weighted by Gasteiger charge is -2.30. The van der Waals surface area contributed by atoms with Crippen LogP contribution in [0.25, 0.3) is 0 Å². The molecule has 0 spiro atoms. The molecular weight excluding hydrogens is 361 g/mol. The summed E-state index contributed by atoms with van der Waals surface area (Å²) in [5, 5.41) is 6.54. The molecule has 138 valence electrons. The first-order valence-corrected chi connectivity index (χ1v) is 9.34. The maximum absolute atomic E-state index is 12.2. The number of anilines is 1. The second-order valence-electron chi connectivity index (χ2n) is 6.75. The Kier molecular flexibility index (Phi) is 7.54. The van der Waals surface area contributed by atoms with Gasteiger partial charge in [-0.2, -0.15) is 0 Å². The Morgan fingerprint density at radius 2 is 1.72 bits per heavy atom. The Morgan fingerprint density at radius 1 is 1.12 bits per heavy atom. The normalized spacial score (nSPS) is 20.4. The van der Waals surface area contributed by atoms with E-state index in [0.29, 0.717) is 21.7 Å². The number of nitrogens with zero attached hydrogens (tertiary/aromatic N) is 1. The first kappa shape index (κ1) is 20.0. The zero-order valence-corrected chi connectivity index (χ0v) is 16.2. The molecule has 1 fully saturated rings. The van der Waals surface area contributed by atoms with Crippen LogP contribution in [0.3, 0.4) is 0 Å². The summed E-state index contributed by atoms with van der Waals surface area (Å²) < 4.78 is 0. The number of hydrogen-bond acceptors (Lipinski definition) is 3. The van der Waals surface area contributed by atoms with Gasteiger partial charge in [0.15, 0.2) is 0 Å². The second-order valence-corrected chi connectivity index (χ2v) is 7.57. The molecule has 5 nitrogen and oxygen atoms in total. The molecular formula is C18H25Cl2N3O2. The lowest BCUT2D eigenvalue weighted by atomic mass is 9.86. The van der Waals surface area contributed by atoms with E-state index in [-0.39, 0.29) is 30.9 Å². The number of likely N-dealkylation sites (N-methyl/N-ethyl adjacent to an activating group) is 1. The number of nitrogens with one attached hydrogen (secondary N) is 2. The van der Waals surface area contributed by atoms with Crippen LogP contribution < -0.4 is 10.6 Å². The fourth-order valence-electron chi connectivity index (χ4n) is 3.13. The average molecular weight is 386 g/mol. The molecule has 2 N–H and O–H groups in total. The van der Waals surface area contributed by atoms with Crippen molar-refractivity contribution in [3.8, 4) is 0 Å². The topological polar surface area (TPSA) is 61.4 Å². The highest BCUT2D eigenvalue weighted by Crippen LogP contribution is 2.29. The summed E-state index contributed by atoms with van der Waals surface area (Å²) >= 11 is 12.1. The van der Waals surface area contributed by atoms with Gasteiger partial charge >= 0.3 is 0 Å². The van der Waals surface area contributed by atoms with E-state index in [4.69, 9.17) is 23.2 Å². The second kappa shape index (κ2) is 9.41. The maximum Gasteiger partial charge on any atom is 0.238 e. The van der Waals surface area contributed by atoms with Gasteiger partial charge in [-0.15, -0.1) is 0 Å². The largest absolute Gasteiger partial charge is 0.352 e. The van der Waals surface area contributed by atoms with Gasteiger partial charge in [-0.25, -0.2) is 0 Å². The number of para-hydroxylation sites is 1. The van der Waals surface area contributed by atoms with Crippen LogP contribution in [0.2, 0.25) is 10.0 Å². The van der Waals surface area contributed by atoms with Crippen LogP contribution in [0, 0.1) is 5.92 Å². The monoisotopic (exact) mass is 385 g/mol. The van der Waals surface area contributed by atoms with Crippen molar-refractivity contribution in [2.75, 3.05) is 25.5 Å². The number of benzene rings is 1. The van der Waals surface area contributed by atoms with Crippen LogP contribution in [0.15, 0.2) is 18.2 Å². The third-order valence-corrected chi connectivity index (χ3v) is 5.14. The Hall–Kier alpha value is -1.30. The number of carbonyl (C=O) groups excluding carboxylic acids is 2. The molecule has 0 heterocycles. The standard InChI is InChI=1S/C18H25Cl2N3O2/c1-12-6-3-4-9-15(12)21-16(24)10-23(2)11-17(25)22-18-13(19)7-5-8-14(18)20/h5,7-8,12,15H,3-4,6,9-11H2,1-2H3,(H,21,24)(H,22,25)/t12-,15-/m1/s1. The Morgan fingerprint density at radius 3 is 2.36 bits per heavy atom. The van der Waals surface area contributed by atoms with Crippen LogP contribution in [0.4, 0.5) is 5.69 Å². The van der Waals surface area contributed by atoms with Crippen molar-refractivity contribution in [2.45, 2.75) is 38.6 Å². The first-order valence-electron chi connectivity index (χ1n) is 8.58. The molecule has 0 aromatic heterocycles. The molecule has 0 saturated heterocycles. The Bertz CT molecular complexity index is 604. The molecule has 1 aliphatic rings. The minimum absolute atomic E-state index is 0.0511. The van der Waals surface area contributed by atoms with Gasteiger partial charge in [-0.05, 0) is 37.9 Å². The van der Waals surface area contributed by atoms with Crippen molar-refractivity contribution in [3.63, 3.8) is 0 Å². The number of hydrogen-bond donors (Lipinski definition) is 2. The molecule has 2 amide bonds. The minimum atomic E-state index is -0.267. The third kappa shape index (κ3) is 6.17. The highest BCUT2D eigenvalue weighted by atomic mass is 35.5. The van der Waals surface area contributed by atoms with E-state index >= 15 is 0 Å². The van der Waals surface area contributed by atoms with E-state index in [1.54, 1.807) is 30.1 Å². The van der Waals surface area contributed by atoms with Crippen molar-refractivity contribution in [2.24, 2.45) is 5.92 Å². The zero-order chi connectivity index (χ0) is 18.4. The van der Waals surface area contributed by atoms with Gasteiger partial charge in [0, 0.05) is 6.04 Å². The number of amides is 2. The van der Waals surface area contributed by atoms with Crippen molar-refractivity contribution in [1.82, 2.24) is 10.2 Å². The number of rotatable bonds is 6. The first-order chi connectivity index (χ1) is 11.9. The van der Waals surface area contributed by atoms with E-state index in [1.165, 1.54) is 6.42 Å². The van der Waals surface area contributed by atoms with E-state index < -0.39 is 0 Å². The zero-order valence-electron chi connectivity index (χ0n) is 14.6. The lowest BCUT2D eigenvalue weighted by Crippen LogP contribution is -2.46. The molecule has 0 radical (unpaired) electrons. The smallest absolute Gasteiger partial charge is 0.238 e. The van der Waals surface area contributed by atoms with E-state index in [9.17, 15) is 9.59 Å². The summed E-state index contributed by atoms with van der Waals surface area (Å²) in [5.41, 5.74) is 0.393. The summed E-state index contributed by atoms with van der Waals surface area (Å²) in [4.78, 5) is 26.0. The van der Waals surface area contributed by atoms with Crippen LogP contribution in [0.1, 0.15) is 32.6 Å². The van der Waals surface area contributed by atoms with Gasteiger partial charge in [0.2, 0.25) is 11.8 Å². The summed E-state index contributed by atoms with van der Waals surface area (Å²) in [6.07, 6.45) is 4.58. The van der Waals surface area contributed by atoms with Gasteiger partial charge in [-0.1, -0.05) is 49.0 Å². The molecule has 7 heteroatoms. The fraction of sp³-hybridized carbons (Fsp3) is 0.556. The molecule has 1 saturated carbocycles. The van der Waals surface area contributed by atoms with E-state index in [2.05, 4.69) is 17.6 Å². The van der Waals surface area contributed by atoms with Gasteiger partial charge < -0.3 is 10.6 Å². The van der Waals surface area contributed by atoms with Gasteiger partial charge in [-0.3, -0.25) is 14.5 Å². The number of carbonyl (C=O) groups is 2. The fourth-order valence-corrected chi connectivity index (χ4v) is 3.62. The Labute approximate surface area is 159 Å². The third-order valence-electron chi connectivity index (χ3n) is 4.51. The molecule has 25 heavy (non-hydrogen) atoms. The molecule has 1 aromatic rings. The molecule has 0 bridgehead atoms. The minimum Gasteiger partial charge on any atom is -0.352 e. The maximum atomic E-state index is 12.2.